The van der Waals surface area contributed by atoms with Crippen LogP contribution >= 0.6 is 0 Å². The van der Waals surface area contributed by atoms with Gasteiger partial charge in [-0.1, -0.05) is 45.0 Å². The van der Waals surface area contributed by atoms with Crippen molar-refractivity contribution in [2.45, 2.75) is 60.0 Å². The summed E-state index contributed by atoms with van der Waals surface area (Å²) in [6.07, 6.45) is 0.511. The summed E-state index contributed by atoms with van der Waals surface area (Å²) >= 11 is 0. The summed E-state index contributed by atoms with van der Waals surface area (Å²) in [5.41, 5.74) is 2.76. The van der Waals surface area contributed by atoms with Gasteiger partial charge in [0.2, 0.25) is 5.91 Å². The van der Waals surface area contributed by atoms with Crippen LogP contribution in [-0.4, -0.2) is 23.6 Å². The van der Waals surface area contributed by atoms with Gasteiger partial charge in [-0.05, 0) is 36.5 Å². The minimum Gasteiger partial charge on any atom is -0.359 e. The molecular formula is C22H33N5O2. The first-order valence-corrected chi connectivity index (χ1v) is 10.2. The Balaban J connectivity index is 1.96. The number of aliphatic imine (C=N–C) groups is 1. The molecule has 0 radical (unpaired) electrons. The highest BCUT2D eigenvalue weighted by Crippen LogP contribution is 2.14. The van der Waals surface area contributed by atoms with Crippen molar-refractivity contribution in [1.82, 2.24) is 15.8 Å². The average molecular weight is 400 g/mol. The molecule has 0 spiro atoms. The van der Waals surface area contributed by atoms with Crippen LogP contribution in [0.2, 0.25) is 0 Å². The molecule has 3 N–H and O–H groups in total. The summed E-state index contributed by atoms with van der Waals surface area (Å²) in [7, 11) is 0. The Morgan fingerprint density at radius 2 is 1.97 bits per heavy atom. The fourth-order valence-electron chi connectivity index (χ4n) is 2.70. The van der Waals surface area contributed by atoms with Crippen molar-refractivity contribution in [1.29, 1.82) is 0 Å². The number of anilines is 1. The average Bonchev–Trinajstić information content (AvgIpc) is 3.13. The number of guanidine groups is 1. The number of benzene rings is 1. The number of nitrogens with zero attached hydrogens (tertiary/aromatic N) is 2. The zero-order valence-corrected chi connectivity index (χ0v) is 18.1. The number of carbonyl (C=O) groups excluding carboxylic acids is 1. The molecule has 2 aromatic rings. The largest absolute Gasteiger partial charge is 0.359 e. The van der Waals surface area contributed by atoms with E-state index in [0.29, 0.717) is 37.3 Å². The Morgan fingerprint density at radius 3 is 2.62 bits per heavy atom. The van der Waals surface area contributed by atoms with E-state index in [-0.39, 0.29) is 5.91 Å². The summed E-state index contributed by atoms with van der Waals surface area (Å²) in [6, 6.07) is 9.74. The number of aromatic nitrogens is 1. The number of hydrogen-bond acceptors (Lipinski definition) is 4. The van der Waals surface area contributed by atoms with Gasteiger partial charge in [-0.3, -0.25) is 4.79 Å². The fraction of sp³-hybridized carbons (Fsp3) is 0.500. The van der Waals surface area contributed by atoms with E-state index >= 15 is 0 Å². The molecule has 7 nitrogen and oxygen atoms in total. The molecule has 0 aliphatic heterocycles. The van der Waals surface area contributed by atoms with Crippen LogP contribution in [0.1, 0.15) is 64.0 Å². The first kappa shape index (κ1) is 22.5. The molecule has 0 saturated heterocycles. The predicted octanol–water partition coefficient (Wildman–Crippen LogP) is 4.04. The zero-order valence-electron chi connectivity index (χ0n) is 18.1. The Morgan fingerprint density at radius 1 is 1.17 bits per heavy atom. The van der Waals surface area contributed by atoms with E-state index < -0.39 is 0 Å². The Kier molecular flexibility index (Phi) is 8.70. The maximum absolute atomic E-state index is 12.0. The van der Waals surface area contributed by atoms with Gasteiger partial charge in [0, 0.05) is 24.7 Å². The second kappa shape index (κ2) is 11.2. The molecule has 0 aliphatic carbocycles. The lowest BCUT2D eigenvalue weighted by molar-refractivity contribution is -0.116. The first-order chi connectivity index (χ1) is 13.9. The van der Waals surface area contributed by atoms with E-state index in [1.807, 2.05) is 51.1 Å². The van der Waals surface area contributed by atoms with Crippen molar-refractivity contribution in [3.63, 3.8) is 0 Å². The van der Waals surface area contributed by atoms with Gasteiger partial charge in [-0.15, -0.1) is 0 Å². The van der Waals surface area contributed by atoms with E-state index in [9.17, 15) is 4.79 Å². The molecular weight excluding hydrogens is 366 g/mol. The van der Waals surface area contributed by atoms with Gasteiger partial charge in [0.25, 0.3) is 0 Å². The number of nitrogens with one attached hydrogen (secondary N) is 3. The summed E-state index contributed by atoms with van der Waals surface area (Å²) < 4.78 is 5.36. The smallest absolute Gasteiger partial charge is 0.224 e. The molecule has 0 unspecified atom stereocenters. The van der Waals surface area contributed by atoms with Gasteiger partial charge in [-0.2, -0.15) is 0 Å². The van der Waals surface area contributed by atoms with Crippen LogP contribution in [0.3, 0.4) is 0 Å². The molecule has 7 heteroatoms. The molecule has 1 aromatic heterocycles. The van der Waals surface area contributed by atoms with Gasteiger partial charge in [0.05, 0.1) is 18.8 Å². The normalized spacial score (nSPS) is 11.8. The van der Waals surface area contributed by atoms with Gasteiger partial charge in [0.1, 0.15) is 0 Å². The molecule has 0 atom stereocenters. The van der Waals surface area contributed by atoms with Crippen LogP contribution in [0.5, 0.6) is 0 Å². The number of carbonyl (C=O) groups is 1. The molecule has 0 aliphatic rings. The minimum atomic E-state index is 0.0310. The predicted molar refractivity (Wildman–Crippen MR) is 117 cm³/mol. The van der Waals surface area contributed by atoms with E-state index in [1.165, 1.54) is 0 Å². The molecule has 2 rings (SSSR count). The Labute approximate surface area is 173 Å². The van der Waals surface area contributed by atoms with Gasteiger partial charge in [0.15, 0.2) is 11.7 Å². The zero-order chi connectivity index (χ0) is 21.2. The highest BCUT2D eigenvalue weighted by Gasteiger charge is 2.09. The lowest BCUT2D eigenvalue weighted by atomic mass is 10.1. The third kappa shape index (κ3) is 7.97. The van der Waals surface area contributed by atoms with Crippen LogP contribution in [0.25, 0.3) is 0 Å². The van der Waals surface area contributed by atoms with Crippen LogP contribution < -0.4 is 16.0 Å². The van der Waals surface area contributed by atoms with Gasteiger partial charge in [-0.25, -0.2) is 4.99 Å². The van der Waals surface area contributed by atoms with E-state index in [1.54, 1.807) is 0 Å². The highest BCUT2D eigenvalue weighted by atomic mass is 16.5. The van der Waals surface area contributed by atoms with E-state index in [0.717, 1.165) is 29.2 Å². The van der Waals surface area contributed by atoms with E-state index in [2.05, 4.69) is 39.9 Å². The van der Waals surface area contributed by atoms with Crippen molar-refractivity contribution in [3.05, 3.63) is 47.3 Å². The Bertz CT molecular complexity index is 811. The van der Waals surface area contributed by atoms with Crippen LogP contribution in [0.4, 0.5) is 5.69 Å². The SMILES string of the molecule is CCNC(=NCc1cccc(NC(=O)CC(C)C)c1)NCc1cc(C(C)C)no1. The lowest BCUT2D eigenvalue weighted by Gasteiger charge is -2.11. The highest BCUT2D eigenvalue weighted by molar-refractivity contribution is 5.90. The second-order valence-corrected chi connectivity index (χ2v) is 7.77. The van der Waals surface area contributed by atoms with Crippen molar-refractivity contribution in [2.75, 3.05) is 11.9 Å². The maximum atomic E-state index is 12.0. The number of rotatable bonds is 9. The quantitative estimate of drug-likeness (QED) is 0.437. The molecule has 0 bridgehead atoms. The minimum absolute atomic E-state index is 0.0310. The van der Waals surface area contributed by atoms with E-state index in [4.69, 9.17) is 4.52 Å². The number of amides is 1. The summed E-state index contributed by atoms with van der Waals surface area (Å²) in [6.45, 7) is 12.0. The van der Waals surface area contributed by atoms with Crippen molar-refractivity contribution in [3.8, 4) is 0 Å². The van der Waals surface area contributed by atoms with Crippen LogP contribution in [0, 0.1) is 5.92 Å². The number of hydrogen-bond donors (Lipinski definition) is 3. The topological polar surface area (TPSA) is 91.5 Å². The third-order valence-electron chi connectivity index (χ3n) is 4.17. The van der Waals surface area contributed by atoms with Crippen LogP contribution in [-0.2, 0) is 17.9 Å². The maximum Gasteiger partial charge on any atom is 0.224 e. The van der Waals surface area contributed by atoms with Gasteiger partial charge >= 0.3 is 0 Å². The monoisotopic (exact) mass is 399 g/mol. The third-order valence-corrected chi connectivity index (χ3v) is 4.17. The second-order valence-electron chi connectivity index (χ2n) is 7.77. The standard InChI is InChI=1S/C22H33N5O2/c1-6-23-22(25-14-19-12-20(16(4)5)27-29-19)24-13-17-8-7-9-18(11-17)26-21(28)10-15(2)3/h7-9,11-12,15-16H,6,10,13-14H2,1-5H3,(H,26,28)(H2,23,24,25). The first-order valence-electron chi connectivity index (χ1n) is 10.2. The molecule has 29 heavy (non-hydrogen) atoms. The summed E-state index contributed by atoms with van der Waals surface area (Å²) in [5.74, 6) is 2.17. The Hall–Kier alpha value is -2.83. The van der Waals surface area contributed by atoms with Crippen molar-refractivity contribution >= 4 is 17.6 Å². The summed E-state index contributed by atoms with van der Waals surface area (Å²) in [4.78, 5) is 16.6. The molecule has 1 amide bonds. The van der Waals surface area contributed by atoms with Gasteiger partial charge < -0.3 is 20.5 Å². The fourth-order valence-corrected chi connectivity index (χ4v) is 2.70. The molecule has 1 aromatic carbocycles. The summed E-state index contributed by atoms with van der Waals surface area (Å²) in [5, 5.41) is 13.5. The molecule has 0 saturated carbocycles. The molecule has 1 heterocycles. The van der Waals surface area contributed by atoms with Crippen molar-refractivity contribution in [2.24, 2.45) is 10.9 Å². The lowest BCUT2D eigenvalue weighted by Crippen LogP contribution is -2.36. The molecule has 158 valence electrons. The van der Waals surface area contributed by atoms with Crippen LogP contribution in [0.15, 0.2) is 39.8 Å². The molecule has 0 fully saturated rings. The van der Waals surface area contributed by atoms with Crippen molar-refractivity contribution < 1.29 is 9.32 Å².